The van der Waals surface area contributed by atoms with Crippen molar-refractivity contribution < 1.29 is 9.57 Å². The third-order valence-corrected chi connectivity index (χ3v) is 3.51. The van der Waals surface area contributed by atoms with Crippen molar-refractivity contribution in [3.63, 3.8) is 0 Å². The molecule has 0 saturated carbocycles. The van der Waals surface area contributed by atoms with Gasteiger partial charge in [-0.1, -0.05) is 12.1 Å². The Kier molecular flexibility index (Phi) is 5.36. The van der Waals surface area contributed by atoms with E-state index in [2.05, 4.69) is 20.2 Å². The number of aromatic nitrogens is 2. The van der Waals surface area contributed by atoms with Gasteiger partial charge in [0.05, 0.1) is 11.8 Å². The largest absolute Gasteiger partial charge is 0.390 e. The third-order valence-electron chi connectivity index (χ3n) is 3.51. The monoisotopic (exact) mass is 320 g/mol. The van der Waals surface area contributed by atoms with Gasteiger partial charge >= 0.3 is 5.69 Å². The molecule has 0 aromatic carbocycles. The van der Waals surface area contributed by atoms with Crippen LogP contribution in [0, 0.1) is 6.92 Å². The fraction of sp³-hybridized carbons (Fsp3) is 0.643. The van der Waals surface area contributed by atoms with Crippen molar-refractivity contribution >= 4 is 11.5 Å². The highest BCUT2D eigenvalue weighted by atomic mass is 16.7. The highest BCUT2D eigenvalue weighted by Crippen LogP contribution is 2.32. The van der Waals surface area contributed by atoms with Gasteiger partial charge in [-0.3, -0.25) is 4.57 Å². The van der Waals surface area contributed by atoms with Crippen LogP contribution >= 0.6 is 0 Å². The van der Waals surface area contributed by atoms with E-state index in [-0.39, 0.29) is 18.0 Å². The molecule has 3 atom stereocenters. The number of rotatable bonds is 5. The highest BCUT2D eigenvalue weighted by molar-refractivity contribution is 5.78. The number of hydrogen-bond acceptors (Lipinski definition) is 6. The van der Waals surface area contributed by atoms with Crippen molar-refractivity contribution in [2.24, 2.45) is 10.3 Å². The van der Waals surface area contributed by atoms with E-state index in [4.69, 9.17) is 15.1 Å². The van der Waals surface area contributed by atoms with Gasteiger partial charge in [-0.25, -0.2) is 4.79 Å². The van der Waals surface area contributed by atoms with Crippen LogP contribution in [-0.4, -0.2) is 27.5 Å². The number of nitrogens with zero attached hydrogens (tertiary/aromatic N) is 6. The quantitative estimate of drug-likeness (QED) is 0.273. The molecule has 9 heteroatoms. The normalized spacial score (nSPS) is 23.2. The van der Waals surface area contributed by atoms with E-state index in [1.165, 1.54) is 4.57 Å². The summed E-state index contributed by atoms with van der Waals surface area (Å²) >= 11 is 0. The van der Waals surface area contributed by atoms with E-state index >= 15 is 0 Å². The van der Waals surface area contributed by atoms with Crippen LogP contribution in [0.5, 0.6) is 0 Å². The fourth-order valence-electron chi connectivity index (χ4n) is 2.43. The van der Waals surface area contributed by atoms with Gasteiger partial charge < -0.3 is 9.57 Å². The summed E-state index contributed by atoms with van der Waals surface area (Å²) in [7, 11) is 0. The summed E-state index contributed by atoms with van der Waals surface area (Å²) in [4.78, 5) is 24.1. The molecule has 2 heterocycles. The van der Waals surface area contributed by atoms with Crippen LogP contribution in [0.25, 0.3) is 10.4 Å². The molecule has 2 rings (SSSR count). The molecule has 124 valence electrons. The van der Waals surface area contributed by atoms with E-state index in [1.54, 1.807) is 13.1 Å². The Morgan fingerprint density at radius 1 is 1.61 bits per heavy atom. The molecule has 9 nitrogen and oxygen atoms in total. The summed E-state index contributed by atoms with van der Waals surface area (Å²) in [5.41, 5.74) is 9.38. The lowest BCUT2D eigenvalue weighted by molar-refractivity contribution is -0.0396. The van der Waals surface area contributed by atoms with Crippen LogP contribution in [0.3, 0.4) is 0 Å². The summed E-state index contributed by atoms with van der Waals surface area (Å²) < 4.78 is 7.31. The standard InChI is InChI=1S/C14H20N6O3/c1-5-10-11(23-18-8(2)3)6-12(22-10)20-7-9(4)13(17-19-15)16-14(20)21/h7,10-12H,5-6H2,1-4H3/t10-,11?,12-/m1/s1. The van der Waals surface area contributed by atoms with Gasteiger partial charge in [-0.2, -0.15) is 4.98 Å². The number of oxime groups is 1. The highest BCUT2D eigenvalue weighted by Gasteiger charge is 2.37. The van der Waals surface area contributed by atoms with Gasteiger partial charge in [0.15, 0.2) is 6.10 Å². The van der Waals surface area contributed by atoms with Crippen molar-refractivity contribution in [2.75, 3.05) is 0 Å². The Balaban J connectivity index is 2.26. The molecule has 0 bridgehead atoms. The molecular formula is C14H20N6O3. The molecule has 1 saturated heterocycles. The lowest BCUT2D eigenvalue weighted by Gasteiger charge is -2.15. The SMILES string of the molecule is CC[C@H]1O[C@@H](n2cc(C)c(N=[N+]=[N-])nc2=O)CC1ON=C(C)C. The Morgan fingerprint density at radius 3 is 2.96 bits per heavy atom. The second-order valence-electron chi connectivity index (χ2n) is 5.58. The topological polar surface area (TPSA) is 114 Å². The van der Waals surface area contributed by atoms with Crippen molar-refractivity contribution in [2.45, 2.75) is 59.0 Å². The van der Waals surface area contributed by atoms with Crippen molar-refractivity contribution in [1.82, 2.24) is 9.55 Å². The van der Waals surface area contributed by atoms with Crippen LogP contribution < -0.4 is 5.69 Å². The van der Waals surface area contributed by atoms with E-state index in [9.17, 15) is 4.79 Å². The minimum Gasteiger partial charge on any atom is -0.390 e. The number of aryl methyl sites for hydroxylation is 1. The second kappa shape index (κ2) is 7.26. The Labute approximate surface area is 133 Å². The lowest BCUT2D eigenvalue weighted by Crippen LogP contribution is -2.27. The smallest absolute Gasteiger partial charge is 0.350 e. The number of hydrogen-bond donors (Lipinski definition) is 0. The van der Waals surface area contributed by atoms with Crippen molar-refractivity contribution in [3.8, 4) is 0 Å². The van der Waals surface area contributed by atoms with Gasteiger partial charge in [0, 0.05) is 17.5 Å². The molecule has 1 unspecified atom stereocenters. The van der Waals surface area contributed by atoms with Crippen molar-refractivity contribution in [3.05, 3.63) is 32.7 Å². The molecule has 1 aliphatic rings. The summed E-state index contributed by atoms with van der Waals surface area (Å²) in [6.45, 7) is 7.40. The first kappa shape index (κ1) is 17.0. The number of azide groups is 1. The number of ether oxygens (including phenoxy) is 1. The van der Waals surface area contributed by atoms with Gasteiger partial charge in [0.1, 0.15) is 12.0 Å². The summed E-state index contributed by atoms with van der Waals surface area (Å²) in [5, 5.41) is 7.39. The summed E-state index contributed by atoms with van der Waals surface area (Å²) in [5.74, 6) is 0.0813. The zero-order valence-electron chi connectivity index (χ0n) is 13.6. The minimum absolute atomic E-state index is 0.0813. The summed E-state index contributed by atoms with van der Waals surface area (Å²) in [6, 6.07) is 0. The predicted octanol–water partition coefficient (Wildman–Crippen LogP) is 2.97. The first-order valence-corrected chi connectivity index (χ1v) is 7.43. The minimum atomic E-state index is -0.520. The maximum Gasteiger partial charge on any atom is 0.350 e. The predicted molar refractivity (Wildman–Crippen MR) is 84.5 cm³/mol. The molecular weight excluding hydrogens is 300 g/mol. The second-order valence-corrected chi connectivity index (χ2v) is 5.58. The zero-order chi connectivity index (χ0) is 17.0. The van der Waals surface area contributed by atoms with Gasteiger partial charge in [-0.15, -0.1) is 0 Å². The van der Waals surface area contributed by atoms with E-state index in [0.29, 0.717) is 12.0 Å². The average Bonchev–Trinajstić information content (AvgIpc) is 2.91. The molecule has 0 aliphatic carbocycles. The molecule has 1 aromatic rings. The molecule has 1 aliphatic heterocycles. The van der Waals surface area contributed by atoms with Gasteiger partial charge in [0.2, 0.25) is 0 Å². The third kappa shape index (κ3) is 3.88. The van der Waals surface area contributed by atoms with E-state index < -0.39 is 11.9 Å². The molecule has 1 fully saturated rings. The molecule has 0 amide bonds. The van der Waals surface area contributed by atoms with Crippen LogP contribution in [0.1, 0.15) is 45.4 Å². The first-order chi connectivity index (χ1) is 11.0. The van der Waals surface area contributed by atoms with Crippen LogP contribution in [0.15, 0.2) is 21.3 Å². The Hall–Kier alpha value is -2.38. The summed E-state index contributed by atoms with van der Waals surface area (Å²) in [6.07, 6.45) is 1.99. The molecule has 0 radical (unpaired) electrons. The molecule has 0 N–H and O–H groups in total. The van der Waals surface area contributed by atoms with Crippen LogP contribution in [0.4, 0.5) is 5.82 Å². The Bertz CT molecular complexity index is 703. The fourth-order valence-corrected chi connectivity index (χ4v) is 2.43. The lowest BCUT2D eigenvalue weighted by atomic mass is 10.1. The Morgan fingerprint density at radius 2 is 2.35 bits per heavy atom. The molecule has 0 spiro atoms. The van der Waals surface area contributed by atoms with Crippen molar-refractivity contribution in [1.29, 1.82) is 0 Å². The van der Waals surface area contributed by atoms with Crippen LogP contribution in [-0.2, 0) is 9.57 Å². The van der Waals surface area contributed by atoms with Crippen LogP contribution in [0.2, 0.25) is 0 Å². The first-order valence-electron chi connectivity index (χ1n) is 7.43. The zero-order valence-corrected chi connectivity index (χ0v) is 13.6. The van der Waals surface area contributed by atoms with E-state index in [1.807, 2.05) is 20.8 Å². The molecule has 23 heavy (non-hydrogen) atoms. The molecule has 1 aromatic heterocycles. The van der Waals surface area contributed by atoms with Gasteiger partial charge in [0.25, 0.3) is 0 Å². The van der Waals surface area contributed by atoms with Gasteiger partial charge in [-0.05, 0) is 43.4 Å². The maximum atomic E-state index is 12.1. The average molecular weight is 320 g/mol. The van der Waals surface area contributed by atoms with E-state index in [0.717, 1.165) is 12.1 Å². The maximum absolute atomic E-state index is 12.1.